The molecule has 0 bridgehead atoms. The monoisotopic (exact) mass is 434 g/mol. The van der Waals surface area contributed by atoms with E-state index in [2.05, 4.69) is 6.92 Å². The fraction of sp³-hybridized carbons (Fsp3) is 0.739. The van der Waals surface area contributed by atoms with Crippen molar-refractivity contribution < 1.29 is 31.4 Å². The lowest BCUT2D eigenvalue weighted by molar-refractivity contribution is -0.279. The number of hydrogen-bond acceptors (Lipinski definition) is 2. The first kappa shape index (κ1) is 23.5. The van der Waals surface area contributed by atoms with E-state index in [1.54, 1.807) is 0 Å². The lowest BCUT2D eigenvalue weighted by atomic mass is 9.80. The van der Waals surface area contributed by atoms with Crippen LogP contribution in [0.5, 0.6) is 0 Å². The summed E-state index contributed by atoms with van der Waals surface area (Å²) in [5.74, 6) is -4.12. The number of unbranched alkanes of at least 4 members (excludes halogenated alkanes) is 2. The first-order chi connectivity index (χ1) is 14.3. The summed E-state index contributed by atoms with van der Waals surface area (Å²) in [5.41, 5.74) is -1.01. The van der Waals surface area contributed by atoms with Crippen molar-refractivity contribution in [3.8, 4) is 0 Å². The lowest BCUT2D eigenvalue weighted by Gasteiger charge is -2.38. The molecule has 170 valence electrons. The molecule has 2 fully saturated rings. The van der Waals surface area contributed by atoms with Crippen LogP contribution in [-0.2, 0) is 15.6 Å². The number of alkyl halides is 2. The zero-order valence-electron chi connectivity index (χ0n) is 17.4. The molecule has 2 atom stereocenters. The summed E-state index contributed by atoms with van der Waals surface area (Å²) in [5, 5.41) is 0. The van der Waals surface area contributed by atoms with E-state index < -0.39 is 35.2 Å². The number of benzene rings is 1. The van der Waals surface area contributed by atoms with E-state index in [4.69, 9.17) is 9.47 Å². The molecule has 7 heteroatoms. The fourth-order valence-corrected chi connectivity index (χ4v) is 4.69. The van der Waals surface area contributed by atoms with Gasteiger partial charge in [0.1, 0.15) is 0 Å². The molecular formula is C23H31F5O2. The van der Waals surface area contributed by atoms with Crippen LogP contribution in [0.1, 0.15) is 76.7 Å². The molecule has 0 aromatic heterocycles. The van der Waals surface area contributed by atoms with Crippen molar-refractivity contribution >= 4 is 0 Å². The van der Waals surface area contributed by atoms with Crippen LogP contribution in [0.15, 0.2) is 12.1 Å². The summed E-state index contributed by atoms with van der Waals surface area (Å²) < 4.78 is 79.3. The summed E-state index contributed by atoms with van der Waals surface area (Å²) in [6.07, 6.45) is 4.99. The smallest absolute Gasteiger partial charge is 0.378 e. The molecule has 1 aliphatic heterocycles. The van der Waals surface area contributed by atoms with E-state index in [9.17, 15) is 22.0 Å². The van der Waals surface area contributed by atoms with E-state index in [-0.39, 0.29) is 18.2 Å². The van der Waals surface area contributed by atoms with Crippen molar-refractivity contribution in [1.29, 1.82) is 0 Å². The van der Waals surface area contributed by atoms with Crippen LogP contribution in [0.3, 0.4) is 0 Å². The molecule has 1 aromatic rings. The molecule has 0 radical (unpaired) electrons. The molecule has 30 heavy (non-hydrogen) atoms. The molecule has 1 heterocycles. The van der Waals surface area contributed by atoms with Gasteiger partial charge in [-0.25, -0.2) is 13.2 Å². The Morgan fingerprint density at radius 2 is 1.63 bits per heavy atom. The van der Waals surface area contributed by atoms with Gasteiger partial charge in [-0.3, -0.25) is 0 Å². The zero-order valence-corrected chi connectivity index (χ0v) is 17.4. The minimum absolute atomic E-state index is 0.175. The van der Waals surface area contributed by atoms with Crippen LogP contribution in [0.4, 0.5) is 22.0 Å². The number of ether oxygens (including phenoxy) is 2. The highest BCUT2D eigenvalue weighted by Gasteiger charge is 2.40. The highest BCUT2D eigenvalue weighted by molar-refractivity contribution is 5.22. The molecule has 2 aliphatic rings. The van der Waals surface area contributed by atoms with Gasteiger partial charge < -0.3 is 9.47 Å². The van der Waals surface area contributed by atoms with Crippen LogP contribution in [0.25, 0.3) is 0 Å². The molecule has 0 N–H and O–H groups in total. The minimum Gasteiger partial charge on any atom is -0.378 e. The Labute approximate surface area is 175 Å². The van der Waals surface area contributed by atoms with E-state index in [0.29, 0.717) is 24.7 Å². The van der Waals surface area contributed by atoms with Crippen molar-refractivity contribution in [2.24, 2.45) is 11.8 Å². The van der Waals surface area contributed by atoms with Gasteiger partial charge >= 0.3 is 6.11 Å². The average Bonchev–Trinajstić information content (AvgIpc) is 2.73. The molecular weight excluding hydrogens is 403 g/mol. The topological polar surface area (TPSA) is 18.5 Å². The number of halogens is 5. The summed E-state index contributed by atoms with van der Waals surface area (Å²) in [6, 6.07) is 0.577. The van der Waals surface area contributed by atoms with Gasteiger partial charge in [0.25, 0.3) is 0 Å². The maximum absolute atomic E-state index is 14.4. The van der Waals surface area contributed by atoms with Gasteiger partial charge in [-0.15, -0.1) is 0 Å². The minimum atomic E-state index is -3.88. The molecule has 3 rings (SSSR count). The SMILES string of the molecule is CCCCCC1CCC(C2CCC(OC(F)(F)c3cc(F)c(F)c(F)c3)CC2)OC1. The van der Waals surface area contributed by atoms with Gasteiger partial charge in [-0.2, -0.15) is 8.78 Å². The van der Waals surface area contributed by atoms with Crippen LogP contribution in [0.2, 0.25) is 0 Å². The Kier molecular flexibility index (Phi) is 8.13. The van der Waals surface area contributed by atoms with Gasteiger partial charge in [0.2, 0.25) is 0 Å². The highest BCUT2D eigenvalue weighted by Crippen LogP contribution is 2.39. The molecule has 2 unspecified atom stereocenters. The summed E-state index contributed by atoms with van der Waals surface area (Å²) in [7, 11) is 0. The molecule has 1 saturated carbocycles. The van der Waals surface area contributed by atoms with Crippen LogP contribution in [-0.4, -0.2) is 18.8 Å². The normalized spacial score (nSPS) is 27.9. The molecule has 0 amide bonds. The maximum Gasteiger partial charge on any atom is 0.383 e. The first-order valence-corrected chi connectivity index (χ1v) is 11.1. The van der Waals surface area contributed by atoms with Gasteiger partial charge in [0, 0.05) is 6.61 Å². The predicted molar refractivity (Wildman–Crippen MR) is 104 cm³/mol. The van der Waals surface area contributed by atoms with Crippen molar-refractivity contribution in [3.63, 3.8) is 0 Å². The van der Waals surface area contributed by atoms with Crippen molar-refractivity contribution in [3.05, 3.63) is 35.1 Å². The van der Waals surface area contributed by atoms with Crippen LogP contribution in [0, 0.1) is 29.3 Å². The van der Waals surface area contributed by atoms with Crippen molar-refractivity contribution in [1.82, 2.24) is 0 Å². The average molecular weight is 434 g/mol. The van der Waals surface area contributed by atoms with E-state index in [0.717, 1.165) is 32.3 Å². The van der Waals surface area contributed by atoms with Gasteiger partial charge in [-0.1, -0.05) is 26.2 Å². The Bertz CT molecular complexity index is 657. The number of rotatable bonds is 8. The summed E-state index contributed by atoms with van der Waals surface area (Å²) in [4.78, 5) is 0. The van der Waals surface area contributed by atoms with Crippen LogP contribution < -0.4 is 0 Å². The third-order valence-electron chi connectivity index (χ3n) is 6.50. The quantitative estimate of drug-likeness (QED) is 0.247. The molecule has 0 spiro atoms. The molecule has 1 saturated heterocycles. The third kappa shape index (κ3) is 5.94. The summed E-state index contributed by atoms with van der Waals surface area (Å²) >= 11 is 0. The van der Waals surface area contributed by atoms with Crippen molar-refractivity contribution in [2.75, 3.05) is 6.61 Å². The van der Waals surface area contributed by atoms with Gasteiger partial charge in [0.15, 0.2) is 17.5 Å². The van der Waals surface area contributed by atoms with E-state index >= 15 is 0 Å². The highest BCUT2D eigenvalue weighted by atomic mass is 19.3. The third-order valence-corrected chi connectivity index (χ3v) is 6.50. The maximum atomic E-state index is 14.4. The second-order valence-corrected chi connectivity index (χ2v) is 8.74. The van der Waals surface area contributed by atoms with Gasteiger partial charge in [0.05, 0.1) is 17.8 Å². The molecule has 1 aromatic carbocycles. The standard InChI is InChI=1S/C23H31F5O2/c1-2-3-4-5-15-6-11-21(29-14-15)16-7-9-18(10-8-16)30-23(27,28)17-12-19(24)22(26)20(25)13-17/h12-13,15-16,18,21H,2-11,14H2,1H3. The van der Waals surface area contributed by atoms with E-state index in [1.807, 2.05) is 0 Å². The molecule has 2 nitrogen and oxygen atoms in total. The van der Waals surface area contributed by atoms with Crippen molar-refractivity contribution in [2.45, 2.75) is 89.4 Å². The second-order valence-electron chi connectivity index (χ2n) is 8.74. The number of hydrogen-bond donors (Lipinski definition) is 0. The van der Waals surface area contributed by atoms with Gasteiger partial charge in [-0.05, 0) is 68.9 Å². The Balaban J connectivity index is 1.45. The Hall–Kier alpha value is -1.21. The first-order valence-electron chi connectivity index (χ1n) is 11.1. The molecule has 1 aliphatic carbocycles. The predicted octanol–water partition coefficient (Wildman–Crippen LogP) is 7.10. The lowest BCUT2D eigenvalue weighted by Crippen LogP contribution is -2.37. The largest absolute Gasteiger partial charge is 0.383 e. The van der Waals surface area contributed by atoms with E-state index in [1.165, 1.54) is 25.7 Å². The zero-order chi connectivity index (χ0) is 21.7. The second kappa shape index (κ2) is 10.4. The fourth-order valence-electron chi connectivity index (χ4n) is 4.69. The summed E-state index contributed by atoms with van der Waals surface area (Å²) in [6.45, 7) is 2.98. The Morgan fingerprint density at radius 1 is 0.967 bits per heavy atom. The van der Waals surface area contributed by atoms with Crippen LogP contribution >= 0.6 is 0 Å². The Morgan fingerprint density at radius 3 is 2.20 bits per heavy atom.